The van der Waals surface area contributed by atoms with Crippen LogP contribution in [0, 0.1) is 0 Å². The van der Waals surface area contributed by atoms with Crippen LogP contribution in [0.3, 0.4) is 0 Å². The van der Waals surface area contributed by atoms with Crippen LogP contribution < -0.4 is 10.1 Å². The summed E-state index contributed by atoms with van der Waals surface area (Å²) in [7, 11) is 0. The van der Waals surface area contributed by atoms with Gasteiger partial charge in [0.1, 0.15) is 18.7 Å². The van der Waals surface area contributed by atoms with Crippen LogP contribution in [-0.2, 0) is 13.2 Å². The van der Waals surface area contributed by atoms with Gasteiger partial charge in [0.05, 0.1) is 16.7 Å². The van der Waals surface area contributed by atoms with Crippen molar-refractivity contribution in [1.82, 2.24) is 24.8 Å². The summed E-state index contributed by atoms with van der Waals surface area (Å²) in [6, 6.07) is 25.4. The second-order valence-corrected chi connectivity index (χ2v) is 8.51. The predicted molar refractivity (Wildman–Crippen MR) is 139 cm³/mol. The van der Waals surface area contributed by atoms with Gasteiger partial charge in [0.15, 0.2) is 0 Å². The van der Waals surface area contributed by atoms with Crippen molar-refractivity contribution < 1.29 is 9.53 Å². The highest BCUT2D eigenvalue weighted by atomic mass is 16.5. The molecule has 6 rings (SSSR count). The summed E-state index contributed by atoms with van der Waals surface area (Å²) in [5.74, 6) is 0.619. The number of amides is 1. The zero-order chi connectivity index (χ0) is 24.3. The lowest BCUT2D eigenvalue weighted by molar-refractivity contribution is 0.0951. The highest BCUT2D eigenvalue weighted by molar-refractivity contribution is 5.97. The molecule has 0 aliphatic rings. The van der Waals surface area contributed by atoms with E-state index in [1.807, 2.05) is 77.5 Å². The molecule has 0 spiro atoms. The van der Waals surface area contributed by atoms with E-state index in [9.17, 15) is 4.79 Å². The van der Waals surface area contributed by atoms with Gasteiger partial charge in [-0.05, 0) is 48.0 Å². The molecule has 2 N–H and O–H groups in total. The highest BCUT2D eigenvalue weighted by Crippen LogP contribution is 2.24. The van der Waals surface area contributed by atoms with Crippen LogP contribution in [0.5, 0.6) is 5.75 Å². The minimum absolute atomic E-state index is 0.150. The molecule has 0 unspecified atom stereocenters. The third-order valence-electron chi connectivity index (χ3n) is 6.15. The normalized spacial score (nSPS) is 11.1. The molecule has 0 bridgehead atoms. The Bertz CT molecular complexity index is 1670. The summed E-state index contributed by atoms with van der Waals surface area (Å²) in [6.07, 6.45) is 7.20. The lowest BCUT2D eigenvalue weighted by atomic mass is 10.1. The summed E-state index contributed by atoms with van der Waals surface area (Å²) in [5, 5.41) is 4.09. The van der Waals surface area contributed by atoms with Crippen molar-refractivity contribution >= 4 is 27.8 Å². The molecular formula is C29H23N5O2. The van der Waals surface area contributed by atoms with Crippen LogP contribution in [0.4, 0.5) is 0 Å². The highest BCUT2D eigenvalue weighted by Gasteiger charge is 2.11. The van der Waals surface area contributed by atoms with Gasteiger partial charge in [0.2, 0.25) is 0 Å². The van der Waals surface area contributed by atoms with Crippen LogP contribution in [0.25, 0.3) is 27.6 Å². The van der Waals surface area contributed by atoms with Gasteiger partial charge in [-0.25, -0.2) is 4.98 Å². The number of imidazole rings is 1. The lowest BCUT2D eigenvalue weighted by Crippen LogP contribution is -2.22. The van der Waals surface area contributed by atoms with Crippen molar-refractivity contribution in [3.63, 3.8) is 0 Å². The largest absolute Gasteiger partial charge is 0.489 e. The fraction of sp³-hybridized carbons (Fsp3) is 0.0690. The number of H-pyrrole nitrogens is 1. The van der Waals surface area contributed by atoms with E-state index < -0.39 is 0 Å². The fourth-order valence-electron chi connectivity index (χ4n) is 4.28. The number of carbonyl (C=O) groups is 1. The number of pyridine rings is 1. The first-order valence-electron chi connectivity index (χ1n) is 11.7. The molecule has 0 radical (unpaired) electrons. The molecule has 0 aliphatic carbocycles. The second-order valence-electron chi connectivity index (χ2n) is 8.51. The molecule has 176 valence electrons. The van der Waals surface area contributed by atoms with Gasteiger partial charge in [-0.15, -0.1) is 0 Å². The first-order chi connectivity index (χ1) is 17.7. The Balaban J connectivity index is 1.18. The lowest BCUT2D eigenvalue weighted by Gasteiger charge is -2.10. The average Bonchev–Trinajstić information content (AvgIpc) is 3.55. The summed E-state index contributed by atoms with van der Waals surface area (Å²) in [6.45, 7) is 0.889. The topological polar surface area (TPSA) is 84.8 Å². The molecule has 0 aliphatic heterocycles. The van der Waals surface area contributed by atoms with E-state index in [1.165, 1.54) is 0 Å². The maximum atomic E-state index is 12.6. The van der Waals surface area contributed by atoms with Crippen LogP contribution in [0.2, 0.25) is 0 Å². The molecule has 7 nitrogen and oxygen atoms in total. The Morgan fingerprint density at radius 1 is 1.00 bits per heavy atom. The van der Waals surface area contributed by atoms with Gasteiger partial charge in [-0.1, -0.05) is 30.3 Å². The minimum atomic E-state index is -0.150. The van der Waals surface area contributed by atoms with Crippen molar-refractivity contribution in [2.24, 2.45) is 0 Å². The number of aromatic nitrogens is 4. The van der Waals surface area contributed by atoms with E-state index in [2.05, 4.69) is 32.4 Å². The van der Waals surface area contributed by atoms with Crippen molar-refractivity contribution in [3.05, 3.63) is 120 Å². The number of carbonyl (C=O) groups excluding carboxylic acids is 1. The van der Waals surface area contributed by atoms with Crippen molar-refractivity contribution in [2.75, 3.05) is 0 Å². The molecule has 0 saturated heterocycles. The van der Waals surface area contributed by atoms with E-state index >= 15 is 0 Å². The van der Waals surface area contributed by atoms with E-state index in [1.54, 1.807) is 18.7 Å². The van der Waals surface area contributed by atoms with Crippen molar-refractivity contribution in [2.45, 2.75) is 13.2 Å². The number of aromatic amines is 1. The molecule has 3 aromatic heterocycles. The second kappa shape index (κ2) is 9.38. The van der Waals surface area contributed by atoms with Crippen LogP contribution in [0.1, 0.15) is 21.5 Å². The fourth-order valence-corrected chi connectivity index (χ4v) is 4.28. The predicted octanol–water partition coefficient (Wildman–Crippen LogP) is 5.41. The maximum absolute atomic E-state index is 12.6. The van der Waals surface area contributed by atoms with Gasteiger partial charge in [-0.3, -0.25) is 14.3 Å². The minimum Gasteiger partial charge on any atom is -0.489 e. The van der Waals surface area contributed by atoms with Gasteiger partial charge >= 0.3 is 0 Å². The molecule has 7 heteroatoms. The van der Waals surface area contributed by atoms with Crippen LogP contribution in [0.15, 0.2) is 104 Å². The molecule has 6 aromatic rings. The first-order valence-corrected chi connectivity index (χ1v) is 11.7. The first kappa shape index (κ1) is 21.6. The average molecular weight is 474 g/mol. The van der Waals surface area contributed by atoms with E-state index in [-0.39, 0.29) is 5.91 Å². The van der Waals surface area contributed by atoms with Gasteiger partial charge in [0, 0.05) is 53.2 Å². The SMILES string of the molecule is O=C(NCc1cccnc1)c1ccc2c(c1)ncn2-c1cccc(OCc2c[nH]c3ccccc23)c1. The molecule has 0 atom stereocenters. The number of hydrogen-bond acceptors (Lipinski definition) is 4. The van der Waals surface area contributed by atoms with Gasteiger partial charge in [-0.2, -0.15) is 0 Å². The number of ether oxygens (including phenoxy) is 1. The summed E-state index contributed by atoms with van der Waals surface area (Å²) >= 11 is 0. The maximum Gasteiger partial charge on any atom is 0.251 e. The molecular weight excluding hydrogens is 450 g/mol. The van der Waals surface area contributed by atoms with Crippen LogP contribution >= 0.6 is 0 Å². The van der Waals surface area contributed by atoms with E-state index in [0.717, 1.165) is 44.5 Å². The Morgan fingerprint density at radius 2 is 1.94 bits per heavy atom. The van der Waals surface area contributed by atoms with Crippen molar-refractivity contribution in [1.29, 1.82) is 0 Å². The molecule has 0 saturated carbocycles. The smallest absolute Gasteiger partial charge is 0.251 e. The Kier molecular flexibility index (Phi) is 5.63. The molecule has 3 aromatic carbocycles. The number of nitrogens with zero attached hydrogens (tertiary/aromatic N) is 3. The zero-order valence-corrected chi connectivity index (χ0v) is 19.4. The summed E-state index contributed by atoms with van der Waals surface area (Å²) in [4.78, 5) is 24.5. The summed E-state index contributed by atoms with van der Waals surface area (Å²) < 4.78 is 8.10. The number of para-hydroxylation sites is 1. The Labute approximate surface area is 207 Å². The van der Waals surface area contributed by atoms with Gasteiger partial charge < -0.3 is 15.0 Å². The Morgan fingerprint density at radius 3 is 2.86 bits per heavy atom. The van der Waals surface area contributed by atoms with E-state index in [0.29, 0.717) is 18.7 Å². The number of fused-ring (bicyclic) bond motifs is 2. The number of benzene rings is 3. The molecule has 36 heavy (non-hydrogen) atoms. The molecule has 0 fully saturated rings. The third-order valence-corrected chi connectivity index (χ3v) is 6.15. The standard InChI is InChI=1S/C29H23N5O2/c35-29(32-16-20-5-4-12-30-15-20)21-10-11-28-27(13-21)33-19-34(28)23-6-3-7-24(14-23)36-18-22-17-31-26-9-2-1-8-25(22)26/h1-15,17,19,31H,16,18H2,(H,32,35). The van der Waals surface area contributed by atoms with Crippen molar-refractivity contribution in [3.8, 4) is 11.4 Å². The van der Waals surface area contributed by atoms with E-state index in [4.69, 9.17) is 4.74 Å². The molecule has 3 heterocycles. The Hall–Kier alpha value is -4.91. The quantitative estimate of drug-likeness (QED) is 0.325. The monoisotopic (exact) mass is 473 g/mol. The number of hydrogen-bond donors (Lipinski definition) is 2. The zero-order valence-electron chi connectivity index (χ0n) is 19.4. The summed E-state index contributed by atoms with van der Waals surface area (Å²) in [5.41, 5.74) is 6.30. The number of nitrogens with one attached hydrogen (secondary N) is 2. The van der Waals surface area contributed by atoms with Gasteiger partial charge in [0.25, 0.3) is 5.91 Å². The molecule has 1 amide bonds. The van der Waals surface area contributed by atoms with Crippen LogP contribution in [-0.4, -0.2) is 25.4 Å². The third kappa shape index (κ3) is 4.30. The number of rotatable bonds is 7.